The van der Waals surface area contributed by atoms with Gasteiger partial charge in [-0.15, -0.1) is 10.2 Å². The summed E-state index contributed by atoms with van der Waals surface area (Å²) >= 11 is 1.28. The fourth-order valence-corrected chi connectivity index (χ4v) is 4.39. The Morgan fingerprint density at radius 2 is 1.66 bits per heavy atom. The molecule has 1 N–H and O–H groups in total. The minimum Gasteiger partial charge on any atom is -0.465 e. The highest BCUT2D eigenvalue weighted by atomic mass is 32.2. The van der Waals surface area contributed by atoms with Crippen LogP contribution in [-0.2, 0) is 14.9 Å². The molecular formula is C29H29N5O3S. The third-order valence-electron chi connectivity index (χ3n) is 5.72. The maximum absolute atomic E-state index is 12.5. The van der Waals surface area contributed by atoms with E-state index in [0.29, 0.717) is 16.5 Å². The number of methoxy groups -OCH3 is 1. The van der Waals surface area contributed by atoms with Crippen LogP contribution in [0.1, 0.15) is 42.3 Å². The van der Waals surface area contributed by atoms with Crippen molar-refractivity contribution in [1.82, 2.24) is 20.2 Å². The van der Waals surface area contributed by atoms with Gasteiger partial charge in [-0.2, -0.15) is 5.10 Å². The van der Waals surface area contributed by atoms with Crippen LogP contribution in [0, 0.1) is 0 Å². The molecule has 1 aromatic heterocycles. The standard InChI is InChI=1S/C29H29N5O3S/c1-29(2,3)23-16-14-21(15-17-23)26-32-33-28(34(26)24-8-6-5-7-9-24)38-19-25(35)31-30-18-20-10-12-22(13-11-20)27(36)37-4/h5-18H,19H2,1-4H3,(H,31,35)/b30-18-. The Kier molecular flexibility index (Phi) is 8.38. The lowest BCUT2D eigenvalue weighted by atomic mass is 9.87. The van der Waals surface area contributed by atoms with Crippen molar-refractivity contribution in [2.24, 2.45) is 5.10 Å². The van der Waals surface area contributed by atoms with E-state index >= 15 is 0 Å². The first-order chi connectivity index (χ1) is 18.3. The van der Waals surface area contributed by atoms with E-state index in [4.69, 9.17) is 0 Å². The van der Waals surface area contributed by atoms with E-state index in [1.54, 1.807) is 24.3 Å². The smallest absolute Gasteiger partial charge is 0.337 e. The predicted octanol–water partition coefficient (Wildman–Crippen LogP) is 5.26. The Morgan fingerprint density at radius 3 is 2.29 bits per heavy atom. The van der Waals surface area contributed by atoms with E-state index in [2.05, 4.69) is 70.5 Å². The predicted molar refractivity (Wildman–Crippen MR) is 150 cm³/mol. The molecule has 0 spiro atoms. The number of hydrazone groups is 1. The van der Waals surface area contributed by atoms with Gasteiger partial charge in [0, 0.05) is 11.3 Å². The molecule has 0 bridgehead atoms. The molecule has 0 aliphatic heterocycles. The molecule has 194 valence electrons. The number of nitrogens with one attached hydrogen (secondary N) is 1. The van der Waals surface area contributed by atoms with Gasteiger partial charge in [0.25, 0.3) is 5.91 Å². The van der Waals surface area contributed by atoms with Gasteiger partial charge in [0.2, 0.25) is 0 Å². The number of hydrogen-bond acceptors (Lipinski definition) is 7. The lowest BCUT2D eigenvalue weighted by molar-refractivity contribution is -0.118. The number of amides is 1. The molecule has 0 atom stereocenters. The number of para-hydroxylation sites is 1. The summed E-state index contributed by atoms with van der Waals surface area (Å²) in [6.45, 7) is 6.54. The normalized spacial score (nSPS) is 11.5. The molecule has 38 heavy (non-hydrogen) atoms. The molecule has 9 heteroatoms. The summed E-state index contributed by atoms with van der Waals surface area (Å²) in [6.07, 6.45) is 1.51. The van der Waals surface area contributed by atoms with Crippen LogP contribution in [0.2, 0.25) is 0 Å². The number of carbonyl (C=O) groups is 2. The largest absolute Gasteiger partial charge is 0.465 e. The number of thioether (sulfide) groups is 1. The lowest BCUT2D eigenvalue weighted by Gasteiger charge is -2.19. The summed E-state index contributed by atoms with van der Waals surface area (Å²) in [5.41, 5.74) is 6.83. The summed E-state index contributed by atoms with van der Waals surface area (Å²) in [5, 5.41) is 13.5. The molecule has 1 heterocycles. The van der Waals surface area contributed by atoms with Gasteiger partial charge in [-0.25, -0.2) is 10.2 Å². The molecule has 0 unspecified atom stereocenters. The highest BCUT2D eigenvalue weighted by Gasteiger charge is 2.19. The average Bonchev–Trinajstić information content (AvgIpc) is 3.36. The van der Waals surface area contributed by atoms with E-state index in [-0.39, 0.29) is 17.1 Å². The van der Waals surface area contributed by atoms with Crippen LogP contribution in [0.25, 0.3) is 17.1 Å². The Balaban J connectivity index is 1.46. The minimum atomic E-state index is -0.410. The zero-order valence-electron chi connectivity index (χ0n) is 21.7. The second-order valence-electron chi connectivity index (χ2n) is 9.50. The summed E-state index contributed by atoms with van der Waals surface area (Å²) in [5.74, 6) is 0.114. The quantitative estimate of drug-likeness (QED) is 0.145. The zero-order chi connectivity index (χ0) is 27.1. The average molecular weight is 528 g/mol. The summed E-state index contributed by atoms with van der Waals surface area (Å²) in [6, 6.07) is 24.9. The van der Waals surface area contributed by atoms with Crippen molar-refractivity contribution in [1.29, 1.82) is 0 Å². The van der Waals surface area contributed by atoms with Gasteiger partial charge in [0.1, 0.15) is 0 Å². The van der Waals surface area contributed by atoms with Crippen molar-refractivity contribution < 1.29 is 14.3 Å². The van der Waals surface area contributed by atoms with Gasteiger partial charge in [0.15, 0.2) is 11.0 Å². The number of aromatic nitrogens is 3. The van der Waals surface area contributed by atoms with Crippen molar-refractivity contribution in [3.63, 3.8) is 0 Å². The highest BCUT2D eigenvalue weighted by molar-refractivity contribution is 7.99. The molecule has 4 aromatic rings. The number of ether oxygens (including phenoxy) is 1. The highest BCUT2D eigenvalue weighted by Crippen LogP contribution is 2.30. The third-order valence-corrected chi connectivity index (χ3v) is 6.65. The summed E-state index contributed by atoms with van der Waals surface area (Å²) in [4.78, 5) is 24.0. The van der Waals surface area contributed by atoms with Crippen molar-refractivity contribution in [3.05, 3.63) is 95.6 Å². The van der Waals surface area contributed by atoms with Crippen molar-refractivity contribution in [2.75, 3.05) is 12.9 Å². The first kappa shape index (κ1) is 26.8. The molecule has 0 saturated heterocycles. The number of hydrogen-bond donors (Lipinski definition) is 1. The number of esters is 1. The fraction of sp³-hybridized carbons (Fsp3) is 0.207. The minimum absolute atomic E-state index is 0.0506. The Bertz CT molecular complexity index is 1420. The van der Waals surface area contributed by atoms with Crippen LogP contribution in [0.15, 0.2) is 89.1 Å². The monoisotopic (exact) mass is 527 g/mol. The Labute approximate surface area is 226 Å². The molecule has 0 fully saturated rings. The number of benzene rings is 3. The van der Waals surface area contributed by atoms with Crippen LogP contribution in [0.4, 0.5) is 0 Å². The first-order valence-corrected chi connectivity index (χ1v) is 13.0. The van der Waals surface area contributed by atoms with Crippen LogP contribution >= 0.6 is 11.8 Å². The summed E-state index contributed by atoms with van der Waals surface area (Å²) in [7, 11) is 1.33. The molecule has 4 rings (SSSR count). The molecule has 0 aliphatic carbocycles. The number of carbonyl (C=O) groups excluding carboxylic acids is 2. The van der Waals surface area contributed by atoms with Crippen molar-refractivity contribution >= 4 is 29.9 Å². The molecule has 0 radical (unpaired) electrons. The van der Waals surface area contributed by atoms with Crippen LogP contribution in [0.5, 0.6) is 0 Å². The molecule has 0 aliphatic rings. The van der Waals surface area contributed by atoms with Gasteiger partial charge in [-0.1, -0.05) is 87.1 Å². The van der Waals surface area contributed by atoms with E-state index in [9.17, 15) is 9.59 Å². The van der Waals surface area contributed by atoms with E-state index in [0.717, 1.165) is 16.8 Å². The van der Waals surface area contributed by atoms with Gasteiger partial charge < -0.3 is 4.74 Å². The topological polar surface area (TPSA) is 98.5 Å². The fourth-order valence-electron chi connectivity index (χ4n) is 3.64. The molecule has 0 saturated carbocycles. The molecule has 1 amide bonds. The van der Waals surface area contributed by atoms with E-state index < -0.39 is 5.97 Å². The second-order valence-corrected chi connectivity index (χ2v) is 10.4. The molecular weight excluding hydrogens is 498 g/mol. The second kappa shape index (κ2) is 11.9. The SMILES string of the molecule is COC(=O)c1ccc(/C=N\NC(=O)CSc2nnc(-c3ccc(C(C)(C)C)cc3)n2-c2ccccc2)cc1. The maximum atomic E-state index is 12.5. The first-order valence-electron chi connectivity index (χ1n) is 12.0. The number of rotatable bonds is 8. The number of nitrogens with zero attached hydrogens (tertiary/aromatic N) is 4. The van der Waals surface area contributed by atoms with Gasteiger partial charge >= 0.3 is 5.97 Å². The molecule has 8 nitrogen and oxygen atoms in total. The van der Waals surface area contributed by atoms with Crippen LogP contribution in [0.3, 0.4) is 0 Å². The zero-order valence-corrected chi connectivity index (χ0v) is 22.5. The molecule has 3 aromatic carbocycles. The van der Waals surface area contributed by atoms with Gasteiger partial charge in [0.05, 0.1) is 24.6 Å². The Hall–Kier alpha value is -4.24. The van der Waals surface area contributed by atoms with Crippen LogP contribution < -0.4 is 5.43 Å². The summed E-state index contributed by atoms with van der Waals surface area (Å²) < 4.78 is 6.64. The van der Waals surface area contributed by atoms with Crippen LogP contribution in [-0.4, -0.2) is 45.7 Å². The maximum Gasteiger partial charge on any atom is 0.337 e. The van der Waals surface area contributed by atoms with Gasteiger partial charge in [-0.05, 0) is 40.8 Å². The van der Waals surface area contributed by atoms with Crippen molar-refractivity contribution in [2.45, 2.75) is 31.3 Å². The van der Waals surface area contributed by atoms with Crippen molar-refractivity contribution in [3.8, 4) is 17.1 Å². The van der Waals surface area contributed by atoms with E-state index in [1.165, 1.54) is 30.6 Å². The lowest BCUT2D eigenvalue weighted by Crippen LogP contribution is -2.20. The third kappa shape index (κ3) is 6.54. The Morgan fingerprint density at radius 1 is 0.974 bits per heavy atom. The van der Waals surface area contributed by atoms with Gasteiger partial charge in [-0.3, -0.25) is 9.36 Å². The van der Waals surface area contributed by atoms with E-state index in [1.807, 2.05) is 34.9 Å².